The van der Waals surface area contributed by atoms with Gasteiger partial charge < -0.3 is 5.11 Å². The van der Waals surface area contributed by atoms with E-state index in [4.69, 9.17) is 5.11 Å². The second kappa shape index (κ2) is 5.53. The summed E-state index contributed by atoms with van der Waals surface area (Å²) in [5.74, 6) is -2.03. The first-order valence-electron chi connectivity index (χ1n) is 3.56. The molecule has 1 aliphatic heterocycles. The molecule has 0 bridgehead atoms. The molecule has 1 heterocycles. The van der Waals surface area contributed by atoms with E-state index in [1.54, 1.807) is 0 Å². The van der Waals surface area contributed by atoms with Gasteiger partial charge in [-0.1, -0.05) is 0 Å². The number of carboxylic acids is 1. The fraction of sp³-hybridized carbons (Fsp3) is 0.500. The van der Waals surface area contributed by atoms with Gasteiger partial charge in [-0.15, -0.1) is 18.0 Å². The standard InChI is InChI=1S/C6H8N2O5.ClH/c9-4-1-2-5(10)8(4)7-13-3-6(11)12;/h7H,1-3H2,(H,11,12);1H. The Labute approximate surface area is 85.3 Å². The Bertz CT molecular complexity index is 241. The van der Waals surface area contributed by atoms with Crippen LogP contribution in [0.2, 0.25) is 0 Å². The monoisotopic (exact) mass is 224 g/mol. The van der Waals surface area contributed by atoms with Crippen LogP contribution in [-0.4, -0.2) is 34.5 Å². The summed E-state index contributed by atoms with van der Waals surface area (Å²) in [6.45, 7) is -0.614. The van der Waals surface area contributed by atoms with Crippen molar-refractivity contribution in [2.24, 2.45) is 0 Å². The van der Waals surface area contributed by atoms with Crippen LogP contribution in [0.1, 0.15) is 12.8 Å². The molecule has 0 aliphatic carbocycles. The molecule has 2 amide bonds. The Morgan fingerprint density at radius 2 is 1.93 bits per heavy atom. The summed E-state index contributed by atoms with van der Waals surface area (Å²) >= 11 is 0. The minimum Gasteiger partial charge on any atom is -0.479 e. The largest absolute Gasteiger partial charge is 0.479 e. The number of hydrogen-bond acceptors (Lipinski definition) is 5. The molecule has 1 rings (SSSR count). The molecule has 0 saturated carbocycles. The molecule has 0 aromatic heterocycles. The number of carbonyl (C=O) groups is 3. The van der Waals surface area contributed by atoms with Crippen molar-refractivity contribution in [1.82, 2.24) is 10.6 Å². The van der Waals surface area contributed by atoms with Gasteiger partial charge in [-0.25, -0.2) is 4.79 Å². The van der Waals surface area contributed by atoms with Gasteiger partial charge in [0.05, 0.1) is 0 Å². The lowest BCUT2D eigenvalue weighted by Gasteiger charge is -2.12. The van der Waals surface area contributed by atoms with E-state index in [9.17, 15) is 14.4 Å². The number of imide groups is 1. The highest BCUT2D eigenvalue weighted by molar-refractivity contribution is 6.01. The zero-order valence-corrected chi connectivity index (χ0v) is 7.87. The average molecular weight is 225 g/mol. The Morgan fingerprint density at radius 1 is 1.43 bits per heavy atom. The van der Waals surface area contributed by atoms with Crippen LogP contribution in [0.3, 0.4) is 0 Å². The van der Waals surface area contributed by atoms with E-state index in [-0.39, 0.29) is 25.2 Å². The van der Waals surface area contributed by atoms with Crippen molar-refractivity contribution in [1.29, 1.82) is 0 Å². The van der Waals surface area contributed by atoms with Crippen LogP contribution < -0.4 is 5.59 Å². The number of hydrazine groups is 1. The van der Waals surface area contributed by atoms with E-state index < -0.39 is 24.4 Å². The molecular formula is C6H9ClN2O5. The third kappa shape index (κ3) is 3.29. The number of nitrogens with one attached hydrogen (secondary N) is 1. The Kier molecular flexibility index (Phi) is 5.06. The molecule has 1 saturated heterocycles. The summed E-state index contributed by atoms with van der Waals surface area (Å²) in [5, 5.41) is 8.84. The highest BCUT2D eigenvalue weighted by Gasteiger charge is 2.29. The molecule has 0 atom stereocenters. The highest BCUT2D eigenvalue weighted by Crippen LogP contribution is 2.07. The van der Waals surface area contributed by atoms with Crippen LogP contribution in [0.5, 0.6) is 0 Å². The molecule has 0 aromatic rings. The first-order chi connectivity index (χ1) is 6.11. The first kappa shape index (κ1) is 12.8. The number of amides is 2. The lowest BCUT2D eigenvalue weighted by atomic mass is 10.4. The normalized spacial score (nSPS) is 15.6. The van der Waals surface area contributed by atoms with Gasteiger partial charge in [0.2, 0.25) is 11.8 Å². The van der Waals surface area contributed by atoms with Gasteiger partial charge in [0.25, 0.3) is 0 Å². The second-order valence-electron chi connectivity index (χ2n) is 2.40. The van der Waals surface area contributed by atoms with Crippen molar-refractivity contribution in [2.45, 2.75) is 12.8 Å². The minimum atomic E-state index is -1.19. The molecule has 0 radical (unpaired) electrons. The van der Waals surface area contributed by atoms with E-state index in [0.29, 0.717) is 5.01 Å². The van der Waals surface area contributed by atoms with Crippen molar-refractivity contribution >= 4 is 30.2 Å². The third-order valence-corrected chi connectivity index (χ3v) is 1.40. The molecule has 0 unspecified atom stereocenters. The number of nitrogens with zero attached hydrogens (tertiary/aromatic N) is 1. The fourth-order valence-electron chi connectivity index (χ4n) is 0.837. The summed E-state index contributed by atoms with van der Waals surface area (Å²) in [6.07, 6.45) is 0.254. The van der Waals surface area contributed by atoms with Gasteiger partial charge in [0.15, 0.2) is 6.61 Å². The lowest BCUT2D eigenvalue weighted by molar-refractivity contribution is -0.167. The van der Waals surface area contributed by atoms with Crippen LogP contribution >= 0.6 is 12.4 Å². The molecule has 1 aliphatic rings. The summed E-state index contributed by atoms with van der Waals surface area (Å²) in [7, 11) is 0. The smallest absolute Gasteiger partial charge is 0.331 e. The van der Waals surface area contributed by atoms with Crippen LogP contribution in [0.15, 0.2) is 0 Å². The maximum atomic E-state index is 10.9. The molecule has 1 fully saturated rings. The maximum absolute atomic E-state index is 10.9. The average Bonchev–Trinajstić information content (AvgIpc) is 2.34. The summed E-state index contributed by atoms with van der Waals surface area (Å²) in [5.41, 5.74) is 1.97. The van der Waals surface area contributed by atoms with Gasteiger partial charge in [-0.3, -0.25) is 14.4 Å². The molecule has 7 nitrogen and oxygen atoms in total. The molecule has 80 valence electrons. The molecule has 14 heavy (non-hydrogen) atoms. The summed E-state index contributed by atoms with van der Waals surface area (Å²) < 4.78 is 0. The zero-order chi connectivity index (χ0) is 9.84. The van der Waals surface area contributed by atoms with Crippen molar-refractivity contribution in [3.63, 3.8) is 0 Å². The third-order valence-electron chi connectivity index (χ3n) is 1.40. The van der Waals surface area contributed by atoms with Crippen LogP contribution in [0.4, 0.5) is 0 Å². The maximum Gasteiger partial charge on any atom is 0.331 e. The van der Waals surface area contributed by atoms with Crippen molar-refractivity contribution in [3.8, 4) is 0 Å². The Hall–Kier alpha value is -1.18. The van der Waals surface area contributed by atoms with Crippen LogP contribution in [-0.2, 0) is 19.2 Å². The number of halogens is 1. The Morgan fingerprint density at radius 3 is 2.36 bits per heavy atom. The van der Waals surface area contributed by atoms with Gasteiger partial charge in [0, 0.05) is 12.8 Å². The van der Waals surface area contributed by atoms with Crippen LogP contribution in [0.25, 0.3) is 0 Å². The molecule has 2 N–H and O–H groups in total. The fourth-order valence-corrected chi connectivity index (χ4v) is 0.837. The lowest BCUT2D eigenvalue weighted by Crippen LogP contribution is -2.42. The minimum absolute atomic E-state index is 0. The number of carbonyl (C=O) groups excluding carboxylic acids is 2. The quantitative estimate of drug-likeness (QED) is 0.474. The van der Waals surface area contributed by atoms with Gasteiger partial charge in [-0.2, -0.15) is 5.01 Å². The van der Waals surface area contributed by atoms with E-state index in [0.717, 1.165) is 0 Å². The Balaban J connectivity index is 0.00000169. The van der Waals surface area contributed by atoms with Gasteiger partial charge >= 0.3 is 5.97 Å². The predicted octanol–water partition coefficient (Wildman–Crippen LogP) is -0.922. The van der Waals surface area contributed by atoms with E-state index >= 15 is 0 Å². The number of carboxylic acid groups (broad SMARTS) is 1. The second-order valence-corrected chi connectivity index (χ2v) is 2.40. The molecular weight excluding hydrogens is 216 g/mol. The summed E-state index contributed by atoms with van der Waals surface area (Å²) in [4.78, 5) is 36.1. The molecule has 8 heteroatoms. The van der Waals surface area contributed by atoms with Crippen molar-refractivity contribution < 1.29 is 24.3 Å². The first-order valence-corrected chi connectivity index (χ1v) is 3.56. The molecule has 0 aromatic carbocycles. The molecule has 0 spiro atoms. The van der Waals surface area contributed by atoms with Crippen molar-refractivity contribution in [3.05, 3.63) is 0 Å². The number of aliphatic carboxylic acids is 1. The van der Waals surface area contributed by atoms with Gasteiger partial charge in [-0.05, 0) is 0 Å². The van der Waals surface area contributed by atoms with E-state index in [1.165, 1.54) is 0 Å². The topological polar surface area (TPSA) is 95.9 Å². The predicted molar refractivity (Wildman–Crippen MR) is 45.1 cm³/mol. The number of hydrogen-bond donors (Lipinski definition) is 2. The SMILES string of the molecule is Cl.O=C(O)CONN1C(=O)CCC1=O. The summed E-state index contributed by atoms with van der Waals surface area (Å²) in [6, 6.07) is 0. The van der Waals surface area contributed by atoms with E-state index in [2.05, 4.69) is 4.84 Å². The highest BCUT2D eigenvalue weighted by atomic mass is 35.5. The van der Waals surface area contributed by atoms with Gasteiger partial charge in [0.1, 0.15) is 0 Å². The van der Waals surface area contributed by atoms with Crippen molar-refractivity contribution in [2.75, 3.05) is 6.61 Å². The van der Waals surface area contributed by atoms with Crippen LogP contribution in [0, 0.1) is 0 Å². The van der Waals surface area contributed by atoms with E-state index in [1.807, 2.05) is 5.59 Å². The zero-order valence-electron chi connectivity index (χ0n) is 7.06. The number of rotatable bonds is 4.